The van der Waals surface area contributed by atoms with Gasteiger partial charge in [0.25, 0.3) is 0 Å². The summed E-state index contributed by atoms with van der Waals surface area (Å²) in [6.07, 6.45) is 20.1. The molecule has 4 unspecified atom stereocenters. The lowest BCUT2D eigenvalue weighted by Gasteiger charge is -2.42. The van der Waals surface area contributed by atoms with Gasteiger partial charge in [0.2, 0.25) is 11.6 Å². The minimum absolute atomic E-state index is 0.0162. The lowest BCUT2D eigenvalue weighted by atomic mass is 9.63. The molecule has 3 aliphatic rings. The molecule has 0 heterocycles. The van der Waals surface area contributed by atoms with Crippen LogP contribution >= 0.6 is 0 Å². The van der Waals surface area contributed by atoms with Gasteiger partial charge in [-0.2, -0.15) is 8.78 Å². The molecule has 0 amide bonds. The molecule has 4 heteroatoms. The van der Waals surface area contributed by atoms with Crippen molar-refractivity contribution in [3.05, 3.63) is 71.3 Å². The molecule has 3 saturated carbocycles. The Morgan fingerprint density at radius 1 is 0.700 bits per heavy atom. The number of hydrogen-bond acceptors (Lipinski definition) is 2. The molecule has 0 saturated heterocycles. The van der Waals surface area contributed by atoms with Gasteiger partial charge in [-0.3, -0.25) is 0 Å². The van der Waals surface area contributed by atoms with E-state index in [0.29, 0.717) is 25.0 Å². The molecule has 0 radical (unpaired) electrons. The van der Waals surface area contributed by atoms with Crippen molar-refractivity contribution in [3.8, 4) is 11.5 Å². The average Bonchev–Trinajstić information content (AvgIpc) is 2.99. The van der Waals surface area contributed by atoms with Crippen LogP contribution in [-0.4, -0.2) is 13.2 Å². The lowest BCUT2D eigenvalue weighted by Crippen LogP contribution is -2.30. The van der Waals surface area contributed by atoms with Gasteiger partial charge in [0.1, 0.15) is 0 Å². The summed E-state index contributed by atoms with van der Waals surface area (Å²) < 4.78 is 39.3. The summed E-state index contributed by atoms with van der Waals surface area (Å²) >= 11 is 0. The van der Waals surface area contributed by atoms with Gasteiger partial charge in [-0.25, -0.2) is 0 Å². The van der Waals surface area contributed by atoms with E-state index in [-0.39, 0.29) is 11.5 Å². The number of benzene rings is 2. The highest BCUT2D eigenvalue weighted by Crippen LogP contribution is 2.48. The van der Waals surface area contributed by atoms with Crippen molar-refractivity contribution in [2.75, 3.05) is 13.2 Å². The Bertz CT molecular complexity index is 1100. The minimum atomic E-state index is -0.965. The van der Waals surface area contributed by atoms with E-state index >= 15 is 0 Å². The molecule has 2 nitrogen and oxygen atoms in total. The Balaban J connectivity index is 1.03. The second-order valence-corrected chi connectivity index (χ2v) is 12.7. The van der Waals surface area contributed by atoms with Crippen LogP contribution in [0.4, 0.5) is 8.78 Å². The summed E-state index contributed by atoms with van der Waals surface area (Å²) in [7, 11) is 0. The predicted octanol–water partition coefficient (Wildman–Crippen LogP) is 10.1. The minimum Gasteiger partial charge on any atom is -0.491 e. The van der Waals surface area contributed by atoms with Crippen LogP contribution in [0.2, 0.25) is 0 Å². The molecule has 0 N–H and O–H groups in total. The first-order chi connectivity index (χ1) is 19.5. The maximum absolute atomic E-state index is 14.3. The number of allylic oxidation sites excluding steroid dienone is 2. The van der Waals surface area contributed by atoms with Crippen molar-refractivity contribution in [2.24, 2.45) is 29.6 Å². The summed E-state index contributed by atoms with van der Waals surface area (Å²) in [5.74, 6) is 2.35. The Hall–Kier alpha value is -2.36. The molecule has 40 heavy (non-hydrogen) atoms. The predicted molar refractivity (Wildman–Crippen MR) is 159 cm³/mol. The fraction of sp³-hybridized carbons (Fsp3) is 0.611. The zero-order chi connectivity index (χ0) is 27.9. The molecule has 5 rings (SSSR count). The molecular formula is C36H48F2O2. The molecule has 3 aliphatic carbocycles. The molecular weight excluding hydrogens is 502 g/mol. The van der Waals surface area contributed by atoms with Crippen molar-refractivity contribution in [1.29, 1.82) is 0 Å². The third kappa shape index (κ3) is 7.28. The molecule has 0 aliphatic heterocycles. The number of halogens is 2. The quantitative estimate of drug-likeness (QED) is 0.274. The van der Waals surface area contributed by atoms with Crippen molar-refractivity contribution in [3.63, 3.8) is 0 Å². The van der Waals surface area contributed by atoms with E-state index in [9.17, 15) is 8.78 Å². The molecule has 3 fully saturated rings. The average molecular weight is 551 g/mol. The Kier molecular flexibility index (Phi) is 10.2. The molecule has 4 atom stereocenters. The van der Waals surface area contributed by atoms with E-state index in [1.54, 1.807) is 12.5 Å². The Morgan fingerprint density at radius 2 is 1.32 bits per heavy atom. The van der Waals surface area contributed by atoms with Crippen LogP contribution in [0.25, 0.3) is 0 Å². The highest BCUT2D eigenvalue weighted by molar-refractivity contribution is 5.35. The zero-order valence-corrected chi connectivity index (χ0v) is 24.6. The fourth-order valence-corrected chi connectivity index (χ4v) is 7.61. The van der Waals surface area contributed by atoms with Gasteiger partial charge in [-0.1, -0.05) is 49.8 Å². The van der Waals surface area contributed by atoms with Crippen molar-refractivity contribution in [1.82, 2.24) is 0 Å². The SMILES string of the molecule is CCCc1ccc(C2CCC3CC(C=CC4CCC(COc5ccc(OCC)c(F)c5F)CC4)CCC3C2)cc1. The van der Waals surface area contributed by atoms with E-state index in [4.69, 9.17) is 9.47 Å². The second-order valence-electron chi connectivity index (χ2n) is 12.7. The molecule has 2 aromatic rings. The number of ether oxygens (including phenoxy) is 2. The lowest BCUT2D eigenvalue weighted by molar-refractivity contribution is 0.133. The van der Waals surface area contributed by atoms with E-state index < -0.39 is 11.6 Å². The van der Waals surface area contributed by atoms with Crippen LogP contribution in [-0.2, 0) is 6.42 Å². The van der Waals surface area contributed by atoms with E-state index in [2.05, 4.69) is 43.3 Å². The maximum Gasteiger partial charge on any atom is 0.204 e. The standard InChI is InChI=1S/C36H48F2O2/c1-3-5-25-12-15-29(16-13-25)31-19-18-30-22-27(14-17-32(30)23-31)9-6-26-7-10-28(11-8-26)24-40-34-21-20-33(39-4-2)35(37)36(34)38/h6,9,12-13,15-16,20-21,26-28,30-32H,3-5,7-8,10-11,14,17-19,22-24H2,1-2H3. The van der Waals surface area contributed by atoms with Gasteiger partial charge in [0, 0.05) is 0 Å². The monoisotopic (exact) mass is 550 g/mol. The largest absolute Gasteiger partial charge is 0.491 e. The van der Waals surface area contributed by atoms with Gasteiger partial charge in [0.15, 0.2) is 11.5 Å². The molecule has 0 bridgehead atoms. The highest BCUT2D eigenvalue weighted by Gasteiger charge is 2.35. The van der Waals surface area contributed by atoms with Crippen molar-refractivity contribution < 1.29 is 18.3 Å². The maximum atomic E-state index is 14.3. The zero-order valence-electron chi connectivity index (χ0n) is 24.6. The molecule has 218 valence electrons. The van der Waals surface area contributed by atoms with Crippen LogP contribution < -0.4 is 9.47 Å². The van der Waals surface area contributed by atoms with Crippen LogP contribution in [0, 0.1) is 41.2 Å². The van der Waals surface area contributed by atoms with Crippen LogP contribution in [0.1, 0.15) is 102 Å². The highest BCUT2D eigenvalue weighted by atomic mass is 19.2. The summed E-state index contributed by atoms with van der Waals surface area (Å²) in [6.45, 7) is 4.74. The van der Waals surface area contributed by atoms with Crippen LogP contribution in [0.15, 0.2) is 48.6 Å². The normalized spacial score (nSPS) is 28.8. The molecule has 0 spiro atoms. The number of hydrogen-bond donors (Lipinski definition) is 0. The summed E-state index contributed by atoms with van der Waals surface area (Å²) in [4.78, 5) is 0. The van der Waals surface area contributed by atoms with E-state index in [0.717, 1.165) is 49.4 Å². The van der Waals surface area contributed by atoms with Gasteiger partial charge in [0.05, 0.1) is 13.2 Å². The first kappa shape index (κ1) is 29.1. The smallest absolute Gasteiger partial charge is 0.204 e. The van der Waals surface area contributed by atoms with Crippen LogP contribution in [0.5, 0.6) is 11.5 Å². The van der Waals surface area contributed by atoms with Gasteiger partial charge in [-0.15, -0.1) is 0 Å². The number of fused-ring (bicyclic) bond motifs is 1. The molecule has 0 aromatic heterocycles. The summed E-state index contributed by atoms with van der Waals surface area (Å²) in [5, 5.41) is 0. The third-order valence-electron chi connectivity index (χ3n) is 9.98. The number of aryl methyl sites for hydroxylation is 1. The Morgan fingerprint density at radius 3 is 2.02 bits per heavy atom. The van der Waals surface area contributed by atoms with E-state index in [1.807, 2.05) is 0 Å². The van der Waals surface area contributed by atoms with Gasteiger partial charge in [-0.05, 0) is 136 Å². The fourth-order valence-electron chi connectivity index (χ4n) is 7.61. The number of rotatable bonds is 10. The Labute approximate surface area is 240 Å². The summed E-state index contributed by atoms with van der Waals surface area (Å²) in [6, 6.07) is 12.5. The first-order valence-electron chi connectivity index (χ1n) is 16.0. The van der Waals surface area contributed by atoms with Gasteiger partial charge < -0.3 is 9.47 Å². The summed E-state index contributed by atoms with van der Waals surface area (Å²) in [5.41, 5.74) is 3.04. The van der Waals surface area contributed by atoms with Crippen LogP contribution in [0.3, 0.4) is 0 Å². The molecule has 2 aromatic carbocycles. The third-order valence-corrected chi connectivity index (χ3v) is 9.98. The topological polar surface area (TPSA) is 18.5 Å². The van der Waals surface area contributed by atoms with E-state index in [1.165, 1.54) is 69.1 Å². The van der Waals surface area contributed by atoms with Gasteiger partial charge >= 0.3 is 0 Å². The van der Waals surface area contributed by atoms with Crippen molar-refractivity contribution in [2.45, 2.75) is 96.8 Å². The first-order valence-corrected chi connectivity index (χ1v) is 16.0. The van der Waals surface area contributed by atoms with Crippen molar-refractivity contribution >= 4 is 0 Å². The second kappa shape index (κ2) is 14.0.